The van der Waals surface area contributed by atoms with Crippen LogP contribution in [0.2, 0.25) is 0 Å². The Kier molecular flexibility index (Phi) is 2.62. The zero-order valence-electron chi connectivity index (χ0n) is 6.11. The lowest BCUT2D eigenvalue weighted by Gasteiger charge is -2.15. The third-order valence-electron chi connectivity index (χ3n) is 1.69. The second-order valence-electron chi connectivity index (χ2n) is 2.55. The van der Waals surface area contributed by atoms with Crippen molar-refractivity contribution in [3.63, 3.8) is 0 Å². The molecule has 0 atom stereocenters. The van der Waals surface area contributed by atoms with Crippen LogP contribution in [0.3, 0.4) is 0 Å². The largest absolute Gasteiger partial charge is 0.389 e. The molecule has 0 aliphatic heterocycles. The number of unbranched alkanes of at least 4 members (excludes halogenated alkanes) is 1. The summed E-state index contributed by atoms with van der Waals surface area (Å²) in [4.78, 5) is 0. The van der Waals surface area contributed by atoms with E-state index in [4.69, 9.17) is 0 Å². The van der Waals surface area contributed by atoms with Crippen LogP contribution in [0.15, 0.2) is 11.8 Å². The zero-order valence-corrected chi connectivity index (χ0v) is 6.11. The van der Waals surface area contributed by atoms with E-state index in [1.807, 2.05) is 0 Å². The summed E-state index contributed by atoms with van der Waals surface area (Å²) in [6, 6.07) is 0. The fraction of sp³-hybridized carbons (Fsp3) is 0.750. The van der Waals surface area contributed by atoms with Gasteiger partial charge in [-0.15, -0.1) is 0 Å². The maximum absolute atomic E-state index is 3.38. The van der Waals surface area contributed by atoms with E-state index >= 15 is 0 Å². The summed E-state index contributed by atoms with van der Waals surface area (Å²) >= 11 is 0. The Balaban J connectivity index is 1.92. The van der Waals surface area contributed by atoms with Crippen molar-refractivity contribution in [2.45, 2.75) is 32.6 Å². The van der Waals surface area contributed by atoms with E-state index in [-0.39, 0.29) is 0 Å². The van der Waals surface area contributed by atoms with Gasteiger partial charge in [-0.05, 0) is 19.3 Å². The minimum Gasteiger partial charge on any atom is -0.389 e. The highest BCUT2D eigenvalue weighted by Gasteiger charge is 2.02. The number of hydrogen-bond donors (Lipinski definition) is 1. The van der Waals surface area contributed by atoms with Crippen LogP contribution >= 0.6 is 0 Å². The van der Waals surface area contributed by atoms with Gasteiger partial charge in [0.25, 0.3) is 0 Å². The maximum atomic E-state index is 3.38. The number of allylic oxidation sites excluding steroid dienone is 2. The summed E-state index contributed by atoms with van der Waals surface area (Å²) in [6.45, 7) is 3.39. The number of hydrogen-bond acceptors (Lipinski definition) is 1. The highest BCUT2D eigenvalue weighted by molar-refractivity contribution is 5.09. The topological polar surface area (TPSA) is 12.0 Å². The Labute approximate surface area is 57.1 Å². The van der Waals surface area contributed by atoms with Crippen LogP contribution in [0.1, 0.15) is 32.6 Å². The van der Waals surface area contributed by atoms with Crippen molar-refractivity contribution in [1.29, 1.82) is 0 Å². The van der Waals surface area contributed by atoms with E-state index in [1.54, 1.807) is 0 Å². The smallest absolute Gasteiger partial charge is 0.0143 e. The summed E-state index contributed by atoms with van der Waals surface area (Å²) in [5, 5.41) is 3.38. The molecule has 1 aliphatic carbocycles. The van der Waals surface area contributed by atoms with Crippen molar-refractivity contribution in [2.24, 2.45) is 0 Å². The van der Waals surface area contributed by atoms with Gasteiger partial charge in [0.15, 0.2) is 0 Å². The third-order valence-corrected chi connectivity index (χ3v) is 1.69. The van der Waals surface area contributed by atoms with Gasteiger partial charge in [-0.3, -0.25) is 0 Å². The molecule has 1 heteroatoms. The van der Waals surface area contributed by atoms with E-state index in [0.29, 0.717) is 0 Å². The minimum atomic E-state index is 1.17. The molecule has 0 unspecified atom stereocenters. The van der Waals surface area contributed by atoms with Crippen LogP contribution < -0.4 is 5.32 Å². The number of nitrogens with one attached hydrogen (secondary N) is 1. The predicted octanol–water partition coefficient (Wildman–Crippen LogP) is 2.05. The molecule has 0 aromatic heterocycles. The van der Waals surface area contributed by atoms with Crippen molar-refractivity contribution in [3.05, 3.63) is 11.8 Å². The Morgan fingerprint density at radius 1 is 1.67 bits per heavy atom. The van der Waals surface area contributed by atoms with E-state index in [2.05, 4.69) is 18.3 Å². The van der Waals surface area contributed by atoms with Crippen LogP contribution in [0, 0.1) is 0 Å². The Bertz CT molecular complexity index is 105. The Morgan fingerprint density at radius 3 is 2.89 bits per heavy atom. The fourth-order valence-electron chi connectivity index (χ4n) is 0.875. The fourth-order valence-corrected chi connectivity index (χ4v) is 0.875. The third kappa shape index (κ3) is 2.08. The first kappa shape index (κ1) is 6.66. The van der Waals surface area contributed by atoms with E-state index in [1.165, 1.54) is 37.9 Å². The first-order chi connectivity index (χ1) is 4.43. The van der Waals surface area contributed by atoms with Gasteiger partial charge in [0.05, 0.1) is 0 Å². The lowest BCUT2D eigenvalue weighted by molar-refractivity contribution is 0.655. The van der Waals surface area contributed by atoms with Crippen LogP contribution in [-0.4, -0.2) is 6.54 Å². The van der Waals surface area contributed by atoms with E-state index in [0.717, 1.165) is 0 Å². The molecule has 9 heavy (non-hydrogen) atoms. The van der Waals surface area contributed by atoms with Gasteiger partial charge >= 0.3 is 0 Å². The average Bonchev–Trinajstić information content (AvgIpc) is 1.76. The molecule has 0 spiro atoms. The van der Waals surface area contributed by atoms with Gasteiger partial charge in [0.2, 0.25) is 0 Å². The quantitative estimate of drug-likeness (QED) is 0.567. The predicted molar refractivity (Wildman–Crippen MR) is 40.2 cm³/mol. The van der Waals surface area contributed by atoms with Crippen LogP contribution in [0.25, 0.3) is 0 Å². The second kappa shape index (κ2) is 3.54. The molecule has 0 aromatic rings. The van der Waals surface area contributed by atoms with Gasteiger partial charge < -0.3 is 5.32 Å². The zero-order chi connectivity index (χ0) is 6.53. The Morgan fingerprint density at radius 2 is 2.44 bits per heavy atom. The van der Waals surface area contributed by atoms with E-state index in [9.17, 15) is 0 Å². The van der Waals surface area contributed by atoms with Crippen molar-refractivity contribution >= 4 is 0 Å². The van der Waals surface area contributed by atoms with Crippen LogP contribution in [0.4, 0.5) is 0 Å². The molecule has 0 heterocycles. The SMILES string of the molecule is CCCCNC1=CCC1. The summed E-state index contributed by atoms with van der Waals surface area (Å²) in [7, 11) is 0. The van der Waals surface area contributed by atoms with E-state index < -0.39 is 0 Å². The highest BCUT2D eigenvalue weighted by Crippen LogP contribution is 2.13. The van der Waals surface area contributed by atoms with Gasteiger partial charge in [0, 0.05) is 12.2 Å². The molecule has 0 saturated heterocycles. The molecule has 1 aliphatic rings. The summed E-state index contributed by atoms with van der Waals surface area (Å²) in [5.74, 6) is 0. The molecule has 1 rings (SSSR count). The average molecular weight is 125 g/mol. The summed E-state index contributed by atoms with van der Waals surface area (Å²) in [6.07, 6.45) is 7.44. The van der Waals surface area contributed by atoms with Gasteiger partial charge in [-0.25, -0.2) is 0 Å². The summed E-state index contributed by atoms with van der Waals surface area (Å²) in [5.41, 5.74) is 1.46. The first-order valence-electron chi connectivity index (χ1n) is 3.86. The second-order valence-corrected chi connectivity index (χ2v) is 2.55. The lowest BCUT2D eigenvalue weighted by Crippen LogP contribution is -2.18. The minimum absolute atomic E-state index is 1.17. The molecule has 0 radical (unpaired) electrons. The molecular formula is C8H15N. The molecule has 52 valence electrons. The normalized spacial score (nSPS) is 16.3. The van der Waals surface area contributed by atoms with Gasteiger partial charge in [-0.1, -0.05) is 19.4 Å². The number of rotatable bonds is 4. The molecule has 0 saturated carbocycles. The molecule has 0 fully saturated rings. The van der Waals surface area contributed by atoms with Crippen molar-refractivity contribution in [1.82, 2.24) is 5.32 Å². The molecule has 0 aromatic carbocycles. The highest BCUT2D eigenvalue weighted by atomic mass is 14.9. The van der Waals surface area contributed by atoms with Crippen LogP contribution in [-0.2, 0) is 0 Å². The summed E-state index contributed by atoms with van der Waals surface area (Å²) < 4.78 is 0. The molecular weight excluding hydrogens is 110 g/mol. The maximum Gasteiger partial charge on any atom is 0.0143 e. The van der Waals surface area contributed by atoms with Crippen molar-refractivity contribution < 1.29 is 0 Å². The first-order valence-corrected chi connectivity index (χ1v) is 3.86. The molecule has 1 nitrogen and oxygen atoms in total. The Hall–Kier alpha value is -0.460. The van der Waals surface area contributed by atoms with Gasteiger partial charge in [-0.2, -0.15) is 0 Å². The monoisotopic (exact) mass is 125 g/mol. The molecule has 1 N–H and O–H groups in total. The van der Waals surface area contributed by atoms with Gasteiger partial charge in [0.1, 0.15) is 0 Å². The van der Waals surface area contributed by atoms with Crippen LogP contribution in [0.5, 0.6) is 0 Å². The molecule has 0 bridgehead atoms. The van der Waals surface area contributed by atoms with Crippen molar-refractivity contribution in [3.8, 4) is 0 Å². The lowest BCUT2D eigenvalue weighted by atomic mass is 10.1. The standard InChI is InChI=1S/C8H15N/c1-2-3-7-9-8-5-4-6-8/h5,9H,2-4,6-7H2,1H3. The van der Waals surface area contributed by atoms with Crippen molar-refractivity contribution in [2.75, 3.05) is 6.54 Å². The molecule has 0 amide bonds.